The maximum absolute atomic E-state index is 12.3. The van der Waals surface area contributed by atoms with Crippen LogP contribution in [0.2, 0.25) is 0 Å². The van der Waals surface area contributed by atoms with Crippen LogP contribution in [-0.4, -0.2) is 9.97 Å². The Hall–Kier alpha value is -1.76. The minimum absolute atomic E-state index is 0.220. The molecule has 1 heterocycles. The van der Waals surface area contributed by atoms with Crippen molar-refractivity contribution in [2.45, 2.75) is 6.18 Å². The number of nitrogens with zero attached hydrogens (tertiary/aromatic N) is 1. The molecule has 0 saturated heterocycles. The van der Waals surface area contributed by atoms with Crippen LogP contribution in [0.4, 0.5) is 19.1 Å². The summed E-state index contributed by atoms with van der Waals surface area (Å²) in [5.41, 5.74) is 2.21. The number of rotatable bonds is 1. The highest BCUT2D eigenvalue weighted by molar-refractivity contribution is 5.78. The summed E-state index contributed by atoms with van der Waals surface area (Å²) >= 11 is 0. The summed E-state index contributed by atoms with van der Waals surface area (Å²) in [7, 11) is 0. The second kappa shape index (κ2) is 3.13. The van der Waals surface area contributed by atoms with E-state index in [4.69, 9.17) is 5.84 Å². The molecule has 4 N–H and O–H groups in total. The molecule has 0 aliphatic carbocycles. The summed E-state index contributed by atoms with van der Waals surface area (Å²) in [6.45, 7) is 0. The lowest BCUT2D eigenvalue weighted by Crippen LogP contribution is -2.07. The van der Waals surface area contributed by atoms with Gasteiger partial charge in [-0.2, -0.15) is 13.2 Å². The van der Waals surface area contributed by atoms with Crippen molar-refractivity contribution in [1.29, 1.82) is 0 Å². The summed E-state index contributed by atoms with van der Waals surface area (Å²) in [6, 6.07) is 3.26. The number of hydrazine groups is 1. The molecule has 0 unspecified atom stereocenters. The Bertz CT molecular complexity index is 488. The van der Waals surface area contributed by atoms with E-state index in [1.165, 1.54) is 6.07 Å². The van der Waals surface area contributed by atoms with Gasteiger partial charge in [-0.1, -0.05) is 0 Å². The van der Waals surface area contributed by atoms with Gasteiger partial charge in [-0.15, -0.1) is 0 Å². The normalized spacial score (nSPS) is 12.0. The smallest absolute Gasteiger partial charge is 0.323 e. The Morgan fingerprint density at radius 2 is 2.07 bits per heavy atom. The van der Waals surface area contributed by atoms with Crippen molar-refractivity contribution in [2.24, 2.45) is 5.84 Å². The van der Waals surface area contributed by atoms with Crippen molar-refractivity contribution in [3.8, 4) is 0 Å². The first-order valence-corrected chi connectivity index (χ1v) is 4.04. The maximum atomic E-state index is 12.3. The topological polar surface area (TPSA) is 66.7 Å². The highest BCUT2D eigenvalue weighted by atomic mass is 19.4. The number of alkyl halides is 3. The van der Waals surface area contributed by atoms with E-state index in [-0.39, 0.29) is 11.5 Å². The van der Waals surface area contributed by atoms with E-state index in [1.54, 1.807) is 0 Å². The van der Waals surface area contributed by atoms with Crippen LogP contribution in [0.3, 0.4) is 0 Å². The predicted molar refractivity (Wildman–Crippen MR) is 48.9 cm³/mol. The molecule has 0 bridgehead atoms. The van der Waals surface area contributed by atoms with Crippen LogP contribution in [0.15, 0.2) is 18.2 Å². The molecule has 0 spiro atoms. The van der Waals surface area contributed by atoms with Crippen LogP contribution in [0.5, 0.6) is 0 Å². The SMILES string of the molecule is NNc1nc2cc(C(F)(F)F)ccc2[nH]1. The number of H-pyrrole nitrogens is 1. The number of fused-ring (bicyclic) bond motifs is 1. The van der Waals surface area contributed by atoms with Gasteiger partial charge in [0.2, 0.25) is 5.95 Å². The fourth-order valence-electron chi connectivity index (χ4n) is 1.25. The summed E-state index contributed by atoms with van der Waals surface area (Å²) in [4.78, 5) is 6.52. The number of halogens is 3. The van der Waals surface area contributed by atoms with Gasteiger partial charge in [0.15, 0.2) is 0 Å². The quantitative estimate of drug-likeness (QED) is 0.503. The van der Waals surface area contributed by atoms with Crippen LogP contribution >= 0.6 is 0 Å². The third-order valence-corrected chi connectivity index (χ3v) is 1.95. The highest BCUT2D eigenvalue weighted by Crippen LogP contribution is 2.31. The number of hydrogen-bond donors (Lipinski definition) is 3. The Morgan fingerprint density at radius 1 is 1.33 bits per heavy atom. The largest absolute Gasteiger partial charge is 0.416 e. The van der Waals surface area contributed by atoms with Gasteiger partial charge in [-0.05, 0) is 18.2 Å². The van der Waals surface area contributed by atoms with Crippen molar-refractivity contribution >= 4 is 17.0 Å². The number of benzene rings is 1. The van der Waals surface area contributed by atoms with Gasteiger partial charge in [0, 0.05) is 0 Å². The summed E-state index contributed by atoms with van der Waals surface area (Å²) in [5.74, 6) is 5.30. The Morgan fingerprint density at radius 3 is 2.67 bits per heavy atom. The van der Waals surface area contributed by atoms with Crippen LogP contribution in [-0.2, 0) is 6.18 Å². The molecule has 0 radical (unpaired) electrons. The summed E-state index contributed by atoms with van der Waals surface area (Å²) in [6.07, 6.45) is -4.36. The number of hydrogen-bond acceptors (Lipinski definition) is 3. The zero-order valence-corrected chi connectivity index (χ0v) is 7.39. The molecule has 0 aliphatic rings. The molecule has 1 aromatic heterocycles. The van der Waals surface area contributed by atoms with Gasteiger partial charge in [0.1, 0.15) is 0 Å². The lowest BCUT2D eigenvalue weighted by atomic mass is 10.2. The molecule has 7 heteroatoms. The molecule has 80 valence electrons. The van der Waals surface area contributed by atoms with E-state index >= 15 is 0 Å². The Labute approximate surface area is 82.3 Å². The van der Waals surface area contributed by atoms with E-state index in [1.807, 2.05) is 0 Å². The molecule has 0 amide bonds. The molecule has 4 nitrogen and oxygen atoms in total. The molecule has 2 aromatic rings. The van der Waals surface area contributed by atoms with Crippen LogP contribution < -0.4 is 11.3 Å². The van der Waals surface area contributed by atoms with E-state index in [0.717, 1.165) is 12.1 Å². The second-order valence-corrected chi connectivity index (χ2v) is 2.96. The molecule has 0 atom stereocenters. The Kier molecular flexibility index (Phi) is 2.04. The summed E-state index contributed by atoms with van der Waals surface area (Å²) < 4.78 is 37.0. The molecule has 2 rings (SSSR count). The van der Waals surface area contributed by atoms with Crippen molar-refractivity contribution < 1.29 is 13.2 Å². The number of imidazole rings is 1. The monoisotopic (exact) mass is 216 g/mol. The number of nitrogens with one attached hydrogen (secondary N) is 2. The average molecular weight is 216 g/mol. The number of aromatic nitrogens is 2. The van der Waals surface area contributed by atoms with Crippen molar-refractivity contribution in [1.82, 2.24) is 9.97 Å². The van der Waals surface area contributed by atoms with Gasteiger partial charge in [-0.25, -0.2) is 10.8 Å². The van der Waals surface area contributed by atoms with E-state index in [0.29, 0.717) is 5.52 Å². The molecular formula is C8H7F3N4. The minimum Gasteiger partial charge on any atom is -0.323 e. The van der Waals surface area contributed by atoms with Crippen molar-refractivity contribution in [2.75, 3.05) is 5.43 Å². The van der Waals surface area contributed by atoms with Crippen LogP contribution in [0, 0.1) is 0 Å². The lowest BCUT2D eigenvalue weighted by Gasteiger charge is -2.04. The minimum atomic E-state index is -4.36. The zero-order valence-electron chi connectivity index (χ0n) is 7.39. The number of anilines is 1. The van der Waals surface area contributed by atoms with Gasteiger partial charge in [0.05, 0.1) is 16.6 Å². The first-order chi connectivity index (χ1) is 7.00. The molecular weight excluding hydrogens is 209 g/mol. The number of nitrogens with two attached hydrogens (primary N) is 1. The molecule has 0 fully saturated rings. The third kappa shape index (κ3) is 1.73. The fraction of sp³-hybridized carbons (Fsp3) is 0.125. The molecule has 0 saturated carbocycles. The molecule has 0 aliphatic heterocycles. The number of aromatic amines is 1. The van der Waals surface area contributed by atoms with E-state index in [9.17, 15) is 13.2 Å². The predicted octanol–water partition coefficient (Wildman–Crippen LogP) is 1.87. The van der Waals surface area contributed by atoms with Gasteiger partial charge < -0.3 is 4.98 Å². The van der Waals surface area contributed by atoms with E-state index in [2.05, 4.69) is 15.4 Å². The summed E-state index contributed by atoms with van der Waals surface area (Å²) in [5, 5.41) is 0. The van der Waals surface area contributed by atoms with E-state index < -0.39 is 11.7 Å². The van der Waals surface area contributed by atoms with Gasteiger partial charge >= 0.3 is 6.18 Å². The van der Waals surface area contributed by atoms with Crippen LogP contribution in [0.1, 0.15) is 5.56 Å². The van der Waals surface area contributed by atoms with Gasteiger partial charge in [0.25, 0.3) is 0 Å². The van der Waals surface area contributed by atoms with Gasteiger partial charge in [-0.3, -0.25) is 5.43 Å². The average Bonchev–Trinajstić information content (AvgIpc) is 2.57. The lowest BCUT2D eigenvalue weighted by molar-refractivity contribution is -0.137. The molecule has 1 aromatic carbocycles. The first kappa shape index (κ1) is 9.78. The first-order valence-electron chi connectivity index (χ1n) is 4.04. The van der Waals surface area contributed by atoms with Crippen molar-refractivity contribution in [3.63, 3.8) is 0 Å². The Balaban J connectivity index is 2.55. The van der Waals surface area contributed by atoms with Crippen molar-refractivity contribution in [3.05, 3.63) is 23.8 Å². The molecule has 15 heavy (non-hydrogen) atoms. The fourth-order valence-corrected chi connectivity index (χ4v) is 1.25. The second-order valence-electron chi connectivity index (χ2n) is 2.96. The highest BCUT2D eigenvalue weighted by Gasteiger charge is 2.30. The number of nitrogen functional groups attached to an aromatic ring is 1. The zero-order chi connectivity index (χ0) is 11.1. The third-order valence-electron chi connectivity index (χ3n) is 1.95. The van der Waals surface area contributed by atoms with Crippen LogP contribution in [0.25, 0.3) is 11.0 Å². The standard InChI is InChI=1S/C8H7F3N4/c9-8(10,11)4-1-2-5-6(3-4)14-7(13-5)15-12/h1-3H,12H2,(H2,13,14,15). The maximum Gasteiger partial charge on any atom is 0.416 e.